The van der Waals surface area contributed by atoms with Gasteiger partial charge in [0.1, 0.15) is 6.54 Å². The molecule has 0 unspecified atom stereocenters. The molecule has 1 heterocycles. The molecular formula is C28H26Cl2F2N6O3. The van der Waals surface area contributed by atoms with Crippen LogP contribution in [0.15, 0.2) is 71.7 Å². The Balaban J connectivity index is 1.20. The quantitative estimate of drug-likeness (QED) is 0.237. The summed E-state index contributed by atoms with van der Waals surface area (Å²) in [7, 11) is 0. The second-order valence-electron chi connectivity index (χ2n) is 9.05. The van der Waals surface area contributed by atoms with Gasteiger partial charge in [-0.2, -0.15) is 0 Å². The second kappa shape index (κ2) is 13.4. The fourth-order valence-electron chi connectivity index (χ4n) is 3.86. The maximum atomic E-state index is 13.2. The maximum Gasteiger partial charge on any atom is 0.284 e. The van der Waals surface area contributed by atoms with Crippen molar-refractivity contribution < 1.29 is 23.2 Å². The summed E-state index contributed by atoms with van der Waals surface area (Å²) in [5.41, 5.74) is 2.53. The number of anilines is 1. The number of amides is 3. The molecule has 0 aromatic heterocycles. The van der Waals surface area contributed by atoms with Gasteiger partial charge in [-0.1, -0.05) is 59.6 Å². The third kappa shape index (κ3) is 8.38. The normalized spacial score (nSPS) is 13.8. The van der Waals surface area contributed by atoms with Crippen molar-refractivity contribution >= 4 is 52.6 Å². The smallest absolute Gasteiger partial charge is 0.284 e. The minimum atomic E-state index is -2.91. The Hall–Kier alpha value is -4.22. The van der Waals surface area contributed by atoms with E-state index in [2.05, 4.69) is 31.6 Å². The van der Waals surface area contributed by atoms with E-state index in [0.29, 0.717) is 5.69 Å². The van der Waals surface area contributed by atoms with Crippen LogP contribution in [-0.2, 0) is 4.79 Å². The number of nitrogens with zero attached hydrogens (tertiary/aromatic N) is 1. The molecular weight excluding hydrogens is 577 g/mol. The number of hydrogen-bond acceptors (Lipinski definition) is 6. The Morgan fingerprint density at radius 2 is 1.56 bits per heavy atom. The zero-order valence-corrected chi connectivity index (χ0v) is 23.1. The Bertz CT molecular complexity index is 1450. The van der Waals surface area contributed by atoms with Crippen molar-refractivity contribution in [1.29, 1.82) is 0 Å². The van der Waals surface area contributed by atoms with Crippen LogP contribution in [-0.4, -0.2) is 62.3 Å². The zero-order valence-electron chi connectivity index (χ0n) is 21.6. The fraction of sp³-hybridized carbons (Fsp3) is 0.214. The van der Waals surface area contributed by atoms with Crippen LogP contribution >= 0.6 is 23.2 Å². The van der Waals surface area contributed by atoms with Crippen molar-refractivity contribution in [3.8, 4) is 11.1 Å². The molecule has 0 bridgehead atoms. The van der Waals surface area contributed by atoms with Gasteiger partial charge >= 0.3 is 0 Å². The lowest BCUT2D eigenvalue weighted by Crippen LogP contribution is -2.46. The van der Waals surface area contributed by atoms with Crippen LogP contribution in [0.5, 0.6) is 0 Å². The molecule has 1 aliphatic heterocycles. The highest BCUT2D eigenvalue weighted by atomic mass is 35.5. The number of nitrogens with one attached hydrogen (secondary N) is 5. The molecule has 3 aromatic carbocycles. The van der Waals surface area contributed by atoms with Crippen molar-refractivity contribution in [2.24, 2.45) is 4.99 Å². The summed E-state index contributed by atoms with van der Waals surface area (Å²) in [6.07, 6.45) is 0. The molecule has 0 atom stereocenters. The van der Waals surface area contributed by atoms with Crippen LogP contribution in [0.4, 0.5) is 14.5 Å². The van der Waals surface area contributed by atoms with E-state index < -0.39 is 36.7 Å². The average Bonchev–Trinajstić information content (AvgIpc) is 2.95. The van der Waals surface area contributed by atoms with Crippen LogP contribution in [0.1, 0.15) is 20.7 Å². The van der Waals surface area contributed by atoms with Crippen LogP contribution in [0.25, 0.3) is 11.1 Å². The van der Waals surface area contributed by atoms with Crippen molar-refractivity contribution in [3.63, 3.8) is 0 Å². The summed E-state index contributed by atoms with van der Waals surface area (Å²) < 4.78 is 26.4. The Labute approximate surface area is 244 Å². The van der Waals surface area contributed by atoms with Gasteiger partial charge in [0.25, 0.3) is 17.7 Å². The molecule has 0 radical (unpaired) electrons. The van der Waals surface area contributed by atoms with Gasteiger partial charge in [0, 0.05) is 24.3 Å². The largest absolute Gasteiger partial charge is 0.353 e. The third-order valence-corrected chi connectivity index (χ3v) is 6.49. The molecule has 9 nitrogen and oxygen atoms in total. The number of halogens is 4. The first kappa shape index (κ1) is 29.8. The van der Waals surface area contributed by atoms with E-state index in [1.165, 1.54) is 6.07 Å². The molecule has 0 spiro atoms. The molecule has 214 valence electrons. The minimum absolute atomic E-state index is 0.100. The summed E-state index contributed by atoms with van der Waals surface area (Å²) >= 11 is 12.7. The van der Waals surface area contributed by atoms with Crippen molar-refractivity contribution in [3.05, 3.63) is 87.9 Å². The average molecular weight is 603 g/mol. The molecule has 5 N–H and O–H groups in total. The lowest BCUT2D eigenvalue weighted by molar-refractivity contribution is -0.120. The zero-order chi connectivity index (χ0) is 29.4. The van der Waals surface area contributed by atoms with E-state index in [4.69, 9.17) is 23.2 Å². The molecule has 0 aliphatic carbocycles. The Morgan fingerprint density at radius 1 is 0.854 bits per heavy atom. The summed E-state index contributed by atoms with van der Waals surface area (Å²) in [5.74, 6) is -4.19. The predicted molar refractivity (Wildman–Crippen MR) is 155 cm³/mol. The number of aliphatic imine (C=N–C) groups is 1. The molecule has 41 heavy (non-hydrogen) atoms. The third-order valence-electron chi connectivity index (χ3n) is 5.89. The van der Waals surface area contributed by atoms with Gasteiger partial charge in [-0.05, 0) is 41.5 Å². The molecule has 13 heteroatoms. The van der Waals surface area contributed by atoms with Gasteiger partial charge in [-0.3, -0.25) is 14.4 Å². The summed E-state index contributed by atoms with van der Waals surface area (Å²) in [5, 5.41) is 13.5. The number of rotatable bonds is 9. The molecule has 0 saturated carbocycles. The monoisotopic (exact) mass is 602 g/mol. The van der Waals surface area contributed by atoms with E-state index in [1.54, 1.807) is 30.3 Å². The maximum absolute atomic E-state index is 13.2. The molecule has 3 amide bonds. The first-order valence-corrected chi connectivity index (χ1v) is 13.3. The Kier molecular flexibility index (Phi) is 9.74. The molecule has 0 fully saturated rings. The van der Waals surface area contributed by atoms with Crippen molar-refractivity contribution in [1.82, 2.24) is 21.3 Å². The van der Waals surface area contributed by atoms with Crippen LogP contribution < -0.4 is 26.6 Å². The standard InChI is InChI=1S/C28H26Cl2F2N6O3/c29-21-12-19(17-5-2-1-3-6-17)13-22(30)24(21)26(41)34-10-9-33-23(39)14-35-25(40)18-7-4-8-20(11-18)38-27-36-15-28(31,32)16-37-27/h1-8,11-13H,9-10,14-16H2,(H,33,39)(H,34,41)(H,35,40)(H2,36,37,38). The summed E-state index contributed by atoms with van der Waals surface area (Å²) in [4.78, 5) is 41.0. The highest BCUT2D eigenvalue weighted by molar-refractivity contribution is 6.40. The van der Waals surface area contributed by atoms with Gasteiger partial charge in [-0.25, -0.2) is 13.8 Å². The van der Waals surface area contributed by atoms with Gasteiger partial charge in [-0.15, -0.1) is 0 Å². The number of alkyl halides is 2. The van der Waals surface area contributed by atoms with Crippen molar-refractivity contribution in [2.75, 3.05) is 38.0 Å². The number of hydrogen-bond donors (Lipinski definition) is 5. The summed E-state index contributed by atoms with van der Waals surface area (Å²) in [6.45, 7) is -1.27. The highest BCUT2D eigenvalue weighted by Gasteiger charge is 2.32. The molecule has 3 aromatic rings. The van der Waals surface area contributed by atoms with E-state index in [-0.39, 0.29) is 46.8 Å². The first-order valence-electron chi connectivity index (χ1n) is 12.5. The molecule has 0 saturated heterocycles. The van der Waals surface area contributed by atoms with E-state index in [9.17, 15) is 23.2 Å². The topological polar surface area (TPSA) is 124 Å². The number of carbonyl (C=O) groups is 3. The van der Waals surface area contributed by atoms with Crippen molar-refractivity contribution in [2.45, 2.75) is 5.92 Å². The first-order chi connectivity index (χ1) is 19.6. The van der Waals surface area contributed by atoms with Crippen LogP contribution in [0.2, 0.25) is 10.0 Å². The van der Waals surface area contributed by atoms with Gasteiger partial charge < -0.3 is 26.6 Å². The number of guanidine groups is 1. The van der Waals surface area contributed by atoms with E-state index in [0.717, 1.165) is 11.1 Å². The van der Waals surface area contributed by atoms with Crippen LogP contribution in [0, 0.1) is 0 Å². The number of carbonyl (C=O) groups excluding carboxylic acids is 3. The van der Waals surface area contributed by atoms with Crippen LogP contribution in [0.3, 0.4) is 0 Å². The highest BCUT2D eigenvalue weighted by Crippen LogP contribution is 2.31. The lowest BCUT2D eigenvalue weighted by Gasteiger charge is -2.23. The summed E-state index contributed by atoms with van der Waals surface area (Å²) in [6, 6.07) is 19.1. The molecule has 1 aliphatic rings. The molecule has 4 rings (SSSR count). The van der Waals surface area contributed by atoms with Gasteiger partial charge in [0.2, 0.25) is 5.91 Å². The second-order valence-corrected chi connectivity index (χ2v) is 9.86. The minimum Gasteiger partial charge on any atom is -0.353 e. The van der Waals surface area contributed by atoms with E-state index >= 15 is 0 Å². The predicted octanol–water partition coefficient (Wildman–Crippen LogP) is 3.94. The number of benzene rings is 3. The van der Waals surface area contributed by atoms with E-state index in [1.807, 2.05) is 30.3 Å². The lowest BCUT2D eigenvalue weighted by atomic mass is 10.0. The van der Waals surface area contributed by atoms with Gasteiger partial charge in [0.15, 0.2) is 5.96 Å². The van der Waals surface area contributed by atoms with Gasteiger partial charge in [0.05, 0.1) is 28.7 Å². The fourth-order valence-corrected chi connectivity index (χ4v) is 4.52. The SMILES string of the molecule is O=C(CNC(=O)c1cccc(NC2=NCC(F)(F)CN2)c1)NCCNC(=O)c1c(Cl)cc(-c2ccccc2)cc1Cl. The Morgan fingerprint density at radius 3 is 2.24 bits per heavy atom.